The van der Waals surface area contributed by atoms with E-state index in [4.69, 9.17) is 5.73 Å². The molecule has 1 aliphatic heterocycles. The highest BCUT2D eigenvalue weighted by molar-refractivity contribution is 5.40. The number of hydrogen-bond acceptors (Lipinski definition) is 2. The Morgan fingerprint density at radius 3 is 2.94 bits per heavy atom. The average Bonchev–Trinajstić information content (AvgIpc) is 2.64. The Morgan fingerprint density at radius 1 is 1.41 bits per heavy atom. The van der Waals surface area contributed by atoms with Crippen LogP contribution in [0.3, 0.4) is 0 Å². The summed E-state index contributed by atoms with van der Waals surface area (Å²) in [6, 6.07) is 8.27. The van der Waals surface area contributed by atoms with Crippen molar-refractivity contribution in [1.29, 1.82) is 0 Å². The van der Waals surface area contributed by atoms with E-state index in [1.165, 1.54) is 31.5 Å². The Bertz CT molecular complexity index is 360. The summed E-state index contributed by atoms with van der Waals surface area (Å²) >= 11 is 0. The van der Waals surface area contributed by atoms with Crippen LogP contribution in [0.5, 0.6) is 0 Å². The van der Waals surface area contributed by atoms with Gasteiger partial charge in [0.2, 0.25) is 0 Å². The SMILES string of the molecule is CC(C)CC1CCN(Cc2cccc(N)c2)C1. The predicted molar refractivity (Wildman–Crippen MR) is 73.7 cm³/mol. The Hall–Kier alpha value is -1.02. The monoisotopic (exact) mass is 232 g/mol. The summed E-state index contributed by atoms with van der Waals surface area (Å²) in [6.45, 7) is 8.19. The zero-order valence-corrected chi connectivity index (χ0v) is 11.0. The van der Waals surface area contributed by atoms with Gasteiger partial charge in [0.15, 0.2) is 0 Å². The van der Waals surface area contributed by atoms with Crippen molar-refractivity contribution in [2.45, 2.75) is 33.2 Å². The lowest BCUT2D eigenvalue weighted by molar-refractivity contribution is 0.305. The number of nitrogens with two attached hydrogens (primary N) is 1. The van der Waals surface area contributed by atoms with Gasteiger partial charge in [-0.2, -0.15) is 0 Å². The fourth-order valence-electron chi connectivity index (χ4n) is 2.87. The lowest BCUT2D eigenvalue weighted by atomic mass is 9.97. The fraction of sp³-hybridized carbons (Fsp3) is 0.600. The quantitative estimate of drug-likeness (QED) is 0.808. The van der Waals surface area contributed by atoms with Crippen molar-refractivity contribution in [1.82, 2.24) is 4.90 Å². The van der Waals surface area contributed by atoms with E-state index in [0.29, 0.717) is 0 Å². The maximum absolute atomic E-state index is 5.81. The molecule has 2 N–H and O–H groups in total. The molecule has 94 valence electrons. The minimum absolute atomic E-state index is 0.826. The van der Waals surface area contributed by atoms with Gasteiger partial charge in [-0.3, -0.25) is 4.90 Å². The second kappa shape index (κ2) is 5.54. The first-order chi connectivity index (χ1) is 8.13. The summed E-state index contributed by atoms with van der Waals surface area (Å²) in [5.74, 6) is 1.73. The normalized spacial score (nSPS) is 21.2. The van der Waals surface area contributed by atoms with Gasteiger partial charge in [0.25, 0.3) is 0 Å². The summed E-state index contributed by atoms with van der Waals surface area (Å²) < 4.78 is 0. The molecule has 1 aliphatic rings. The Morgan fingerprint density at radius 2 is 2.24 bits per heavy atom. The summed E-state index contributed by atoms with van der Waals surface area (Å²) in [4.78, 5) is 2.56. The van der Waals surface area contributed by atoms with Crippen LogP contribution in [0.1, 0.15) is 32.3 Å². The van der Waals surface area contributed by atoms with Crippen LogP contribution in [0.4, 0.5) is 5.69 Å². The first kappa shape index (κ1) is 12.4. The van der Waals surface area contributed by atoms with Crippen molar-refractivity contribution in [2.75, 3.05) is 18.8 Å². The molecule has 0 bridgehead atoms. The van der Waals surface area contributed by atoms with Gasteiger partial charge in [-0.15, -0.1) is 0 Å². The third kappa shape index (κ3) is 3.74. The molecule has 17 heavy (non-hydrogen) atoms. The lowest BCUT2D eigenvalue weighted by Gasteiger charge is -2.17. The zero-order chi connectivity index (χ0) is 12.3. The second-order valence-corrected chi connectivity index (χ2v) is 5.76. The fourth-order valence-corrected chi connectivity index (χ4v) is 2.87. The lowest BCUT2D eigenvalue weighted by Crippen LogP contribution is -2.20. The molecular weight excluding hydrogens is 208 g/mol. The van der Waals surface area contributed by atoms with Crippen molar-refractivity contribution in [3.63, 3.8) is 0 Å². The van der Waals surface area contributed by atoms with Crippen molar-refractivity contribution in [3.8, 4) is 0 Å². The standard InChI is InChI=1S/C15H24N2/c1-12(2)8-14-6-7-17(11-14)10-13-4-3-5-15(16)9-13/h3-5,9,12,14H,6-8,10-11,16H2,1-2H3. The Balaban J connectivity index is 1.85. The molecular formula is C15H24N2. The van der Waals surface area contributed by atoms with Gasteiger partial charge < -0.3 is 5.73 Å². The van der Waals surface area contributed by atoms with Crippen molar-refractivity contribution >= 4 is 5.69 Å². The van der Waals surface area contributed by atoms with Crippen LogP contribution in [0.15, 0.2) is 24.3 Å². The average molecular weight is 232 g/mol. The number of benzene rings is 1. The minimum atomic E-state index is 0.826. The maximum Gasteiger partial charge on any atom is 0.0317 e. The first-order valence-electron chi connectivity index (χ1n) is 6.70. The van der Waals surface area contributed by atoms with Gasteiger partial charge in [0.1, 0.15) is 0 Å². The molecule has 0 radical (unpaired) electrons. The van der Waals surface area contributed by atoms with E-state index in [9.17, 15) is 0 Å². The Labute approximate surface area is 105 Å². The zero-order valence-electron chi connectivity index (χ0n) is 11.0. The molecule has 0 spiro atoms. The van der Waals surface area contributed by atoms with Crippen molar-refractivity contribution in [3.05, 3.63) is 29.8 Å². The molecule has 1 unspecified atom stereocenters. The number of nitrogen functional groups attached to an aromatic ring is 1. The number of anilines is 1. The van der Waals surface area contributed by atoms with E-state index in [2.05, 4.69) is 30.9 Å². The van der Waals surface area contributed by atoms with Gasteiger partial charge in [-0.25, -0.2) is 0 Å². The van der Waals surface area contributed by atoms with Crippen LogP contribution in [0.25, 0.3) is 0 Å². The van der Waals surface area contributed by atoms with Gasteiger partial charge in [0, 0.05) is 18.8 Å². The minimum Gasteiger partial charge on any atom is -0.399 e. The summed E-state index contributed by atoms with van der Waals surface area (Å²) in [7, 11) is 0. The van der Waals surface area contributed by atoms with Crippen LogP contribution in [0.2, 0.25) is 0 Å². The van der Waals surface area contributed by atoms with Gasteiger partial charge in [-0.1, -0.05) is 26.0 Å². The highest BCUT2D eigenvalue weighted by Crippen LogP contribution is 2.24. The van der Waals surface area contributed by atoms with Crippen LogP contribution >= 0.6 is 0 Å². The molecule has 2 heteroatoms. The molecule has 1 fully saturated rings. The second-order valence-electron chi connectivity index (χ2n) is 5.76. The third-order valence-corrected chi connectivity index (χ3v) is 3.53. The summed E-state index contributed by atoms with van der Waals surface area (Å²) in [5, 5.41) is 0. The topological polar surface area (TPSA) is 29.3 Å². The highest BCUT2D eigenvalue weighted by Gasteiger charge is 2.22. The molecule has 0 aromatic heterocycles. The van der Waals surface area contributed by atoms with Crippen LogP contribution in [-0.2, 0) is 6.54 Å². The van der Waals surface area contributed by atoms with Gasteiger partial charge >= 0.3 is 0 Å². The number of hydrogen-bond donors (Lipinski definition) is 1. The summed E-state index contributed by atoms with van der Waals surface area (Å²) in [6.07, 6.45) is 2.73. The van der Waals surface area contributed by atoms with E-state index in [-0.39, 0.29) is 0 Å². The van der Waals surface area contributed by atoms with Crippen LogP contribution in [-0.4, -0.2) is 18.0 Å². The third-order valence-electron chi connectivity index (χ3n) is 3.53. The molecule has 1 saturated heterocycles. The molecule has 1 atom stereocenters. The number of nitrogens with zero attached hydrogens (tertiary/aromatic N) is 1. The molecule has 1 aromatic carbocycles. The number of likely N-dealkylation sites (tertiary alicyclic amines) is 1. The largest absolute Gasteiger partial charge is 0.399 e. The van der Waals surface area contributed by atoms with E-state index in [0.717, 1.165) is 24.1 Å². The molecule has 0 amide bonds. The van der Waals surface area contributed by atoms with E-state index < -0.39 is 0 Å². The van der Waals surface area contributed by atoms with Crippen LogP contribution < -0.4 is 5.73 Å². The maximum atomic E-state index is 5.81. The molecule has 1 aromatic rings. The molecule has 0 saturated carbocycles. The van der Waals surface area contributed by atoms with Gasteiger partial charge in [-0.05, 0) is 48.9 Å². The van der Waals surface area contributed by atoms with Crippen LogP contribution in [0, 0.1) is 11.8 Å². The first-order valence-corrected chi connectivity index (χ1v) is 6.70. The predicted octanol–water partition coefficient (Wildman–Crippen LogP) is 3.14. The Kier molecular flexibility index (Phi) is 4.06. The van der Waals surface area contributed by atoms with Gasteiger partial charge in [0.05, 0.1) is 0 Å². The van der Waals surface area contributed by atoms with E-state index in [1.54, 1.807) is 0 Å². The van der Waals surface area contributed by atoms with E-state index >= 15 is 0 Å². The number of rotatable bonds is 4. The van der Waals surface area contributed by atoms with E-state index in [1.807, 2.05) is 12.1 Å². The highest BCUT2D eigenvalue weighted by atomic mass is 15.1. The molecule has 2 rings (SSSR count). The molecule has 1 heterocycles. The summed E-state index contributed by atoms with van der Waals surface area (Å²) in [5.41, 5.74) is 8.03. The molecule has 0 aliphatic carbocycles. The van der Waals surface area contributed by atoms with Crippen molar-refractivity contribution in [2.24, 2.45) is 11.8 Å². The van der Waals surface area contributed by atoms with Crippen molar-refractivity contribution < 1.29 is 0 Å². The smallest absolute Gasteiger partial charge is 0.0317 e. The molecule has 2 nitrogen and oxygen atoms in total.